The van der Waals surface area contributed by atoms with Gasteiger partial charge < -0.3 is 16.0 Å². The van der Waals surface area contributed by atoms with E-state index in [0.29, 0.717) is 11.3 Å². The van der Waals surface area contributed by atoms with Gasteiger partial charge in [0.15, 0.2) is 0 Å². The van der Waals surface area contributed by atoms with E-state index < -0.39 is 0 Å². The second-order valence-electron chi connectivity index (χ2n) is 4.45. The van der Waals surface area contributed by atoms with Crippen LogP contribution in [-0.4, -0.2) is 25.0 Å². The maximum absolute atomic E-state index is 11.7. The highest BCUT2D eigenvalue weighted by molar-refractivity contribution is 5.96. The molecule has 0 aliphatic carbocycles. The van der Waals surface area contributed by atoms with Crippen LogP contribution in [0.2, 0.25) is 0 Å². The Bertz CT molecular complexity index is 446. The molecule has 1 aromatic rings. The molecule has 3 amide bonds. The summed E-state index contributed by atoms with van der Waals surface area (Å²) in [5.41, 5.74) is 1.12. The molecular weight excluding hydrogens is 242 g/mol. The van der Waals surface area contributed by atoms with E-state index in [1.807, 2.05) is 6.92 Å². The number of nitrogens with one attached hydrogen (secondary N) is 3. The minimum absolute atomic E-state index is 0.132. The summed E-state index contributed by atoms with van der Waals surface area (Å²) in [6.45, 7) is 4.03. The minimum atomic E-state index is -0.255. The summed E-state index contributed by atoms with van der Waals surface area (Å²) >= 11 is 0. The van der Waals surface area contributed by atoms with Gasteiger partial charge >= 0.3 is 6.03 Å². The van der Waals surface area contributed by atoms with E-state index in [1.165, 1.54) is 0 Å². The van der Waals surface area contributed by atoms with Crippen LogP contribution >= 0.6 is 0 Å². The highest BCUT2D eigenvalue weighted by atomic mass is 16.2. The van der Waals surface area contributed by atoms with Crippen LogP contribution in [0.1, 0.15) is 37.0 Å². The van der Waals surface area contributed by atoms with E-state index in [2.05, 4.69) is 22.9 Å². The van der Waals surface area contributed by atoms with Crippen molar-refractivity contribution in [2.24, 2.45) is 0 Å². The molecule has 3 N–H and O–H groups in total. The normalized spacial score (nSPS) is 11.5. The number of benzene rings is 1. The van der Waals surface area contributed by atoms with Gasteiger partial charge in [-0.25, -0.2) is 4.79 Å². The Morgan fingerprint density at radius 2 is 2.05 bits per heavy atom. The van der Waals surface area contributed by atoms with Crippen LogP contribution in [0.5, 0.6) is 0 Å². The zero-order chi connectivity index (χ0) is 14.3. The van der Waals surface area contributed by atoms with Crippen molar-refractivity contribution in [2.45, 2.75) is 32.7 Å². The van der Waals surface area contributed by atoms with Gasteiger partial charge in [-0.1, -0.05) is 19.4 Å². The third-order valence-corrected chi connectivity index (χ3v) is 2.71. The van der Waals surface area contributed by atoms with Crippen LogP contribution in [0, 0.1) is 0 Å². The van der Waals surface area contributed by atoms with Gasteiger partial charge in [-0.15, -0.1) is 0 Å². The molecule has 0 aromatic heterocycles. The minimum Gasteiger partial charge on any atom is -0.355 e. The van der Waals surface area contributed by atoms with E-state index in [9.17, 15) is 9.59 Å². The maximum atomic E-state index is 11.7. The van der Waals surface area contributed by atoms with Gasteiger partial charge in [0.2, 0.25) is 0 Å². The first-order chi connectivity index (χ1) is 9.06. The number of carbonyl (C=O) groups excluding carboxylic acids is 2. The summed E-state index contributed by atoms with van der Waals surface area (Å²) in [4.78, 5) is 23.2. The lowest BCUT2D eigenvalue weighted by molar-refractivity contribution is 0.0963. The third kappa shape index (κ3) is 4.99. The predicted molar refractivity (Wildman–Crippen MR) is 76.4 cm³/mol. The van der Waals surface area contributed by atoms with Crippen LogP contribution in [0.25, 0.3) is 0 Å². The Labute approximate surface area is 113 Å². The number of anilines is 1. The summed E-state index contributed by atoms with van der Waals surface area (Å²) in [6.07, 6.45) is 1.96. The highest BCUT2D eigenvalue weighted by Crippen LogP contribution is 2.10. The second-order valence-corrected chi connectivity index (χ2v) is 4.45. The van der Waals surface area contributed by atoms with Crippen molar-refractivity contribution < 1.29 is 9.59 Å². The first-order valence-electron chi connectivity index (χ1n) is 6.46. The first kappa shape index (κ1) is 15.0. The molecule has 1 rings (SSSR count). The van der Waals surface area contributed by atoms with E-state index in [-0.39, 0.29) is 18.0 Å². The van der Waals surface area contributed by atoms with Crippen LogP contribution < -0.4 is 16.0 Å². The Balaban J connectivity index is 2.62. The van der Waals surface area contributed by atoms with Gasteiger partial charge in [0.05, 0.1) is 0 Å². The second kappa shape index (κ2) is 7.41. The van der Waals surface area contributed by atoms with Crippen LogP contribution in [-0.2, 0) is 0 Å². The molecule has 0 aliphatic heterocycles. The summed E-state index contributed by atoms with van der Waals surface area (Å²) in [7, 11) is 1.57. The molecule has 0 saturated carbocycles. The maximum Gasteiger partial charge on any atom is 0.319 e. The number of rotatable bonds is 5. The van der Waals surface area contributed by atoms with Gasteiger partial charge in [0.1, 0.15) is 0 Å². The van der Waals surface area contributed by atoms with Crippen LogP contribution in [0.4, 0.5) is 10.5 Å². The SMILES string of the molecule is CCCC(C)NC(=O)Nc1cccc(C(=O)NC)c1. The largest absolute Gasteiger partial charge is 0.355 e. The molecule has 19 heavy (non-hydrogen) atoms. The molecule has 1 aromatic carbocycles. The molecule has 0 spiro atoms. The molecule has 5 nitrogen and oxygen atoms in total. The number of carbonyl (C=O) groups is 2. The number of amides is 3. The summed E-state index contributed by atoms with van der Waals surface area (Å²) in [5.74, 6) is -0.177. The molecular formula is C14H21N3O2. The topological polar surface area (TPSA) is 70.2 Å². The van der Waals surface area contributed by atoms with E-state index in [1.54, 1.807) is 31.3 Å². The van der Waals surface area contributed by atoms with Gasteiger partial charge in [-0.3, -0.25) is 4.79 Å². The standard InChI is InChI=1S/C14H21N3O2/c1-4-6-10(2)16-14(19)17-12-8-5-7-11(9-12)13(18)15-3/h5,7-10H,4,6H2,1-3H3,(H,15,18)(H2,16,17,19). The average molecular weight is 263 g/mol. The van der Waals surface area contributed by atoms with Gasteiger partial charge in [-0.2, -0.15) is 0 Å². The lowest BCUT2D eigenvalue weighted by Gasteiger charge is -2.14. The van der Waals surface area contributed by atoms with Crippen molar-refractivity contribution in [1.82, 2.24) is 10.6 Å². The molecule has 104 valence electrons. The molecule has 5 heteroatoms. The number of hydrogen-bond donors (Lipinski definition) is 3. The van der Waals surface area contributed by atoms with E-state index >= 15 is 0 Å². The fourth-order valence-electron chi connectivity index (χ4n) is 1.78. The van der Waals surface area contributed by atoms with Crippen LogP contribution in [0.3, 0.4) is 0 Å². The zero-order valence-electron chi connectivity index (χ0n) is 11.6. The van der Waals surface area contributed by atoms with Crippen LogP contribution in [0.15, 0.2) is 24.3 Å². The molecule has 1 unspecified atom stereocenters. The van der Waals surface area contributed by atoms with E-state index in [0.717, 1.165) is 12.8 Å². The lowest BCUT2D eigenvalue weighted by Crippen LogP contribution is -2.36. The van der Waals surface area contributed by atoms with Gasteiger partial charge in [-0.05, 0) is 31.5 Å². The average Bonchev–Trinajstić information content (AvgIpc) is 2.38. The van der Waals surface area contributed by atoms with Crippen molar-refractivity contribution in [3.8, 4) is 0 Å². The quantitative estimate of drug-likeness (QED) is 0.763. The molecule has 0 saturated heterocycles. The van der Waals surface area contributed by atoms with Crippen molar-refractivity contribution >= 4 is 17.6 Å². The summed E-state index contributed by atoms with van der Waals surface area (Å²) in [6, 6.07) is 6.69. The Morgan fingerprint density at radius 1 is 1.32 bits per heavy atom. The fourth-order valence-corrected chi connectivity index (χ4v) is 1.78. The predicted octanol–water partition coefficient (Wildman–Crippen LogP) is 2.36. The number of hydrogen-bond acceptors (Lipinski definition) is 2. The summed E-state index contributed by atoms with van der Waals surface area (Å²) in [5, 5.41) is 8.11. The van der Waals surface area contributed by atoms with E-state index in [4.69, 9.17) is 0 Å². The van der Waals surface area contributed by atoms with Crippen molar-refractivity contribution in [3.63, 3.8) is 0 Å². The zero-order valence-corrected chi connectivity index (χ0v) is 11.6. The Morgan fingerprint density at radius 3 is 2.68 bits per heavy atom. The molecule has 1 atom stereocenters. The molecule has 0 heterocycles. The smallest absolute Gasteiger partial charge is 0.319 e. The van der Waals surface area contributed by atoms with Crippen molar-refractivity contribution in [3.05, 3.63) is 29.8 Å². The molecule has 0 aliphatic rings. The Hall–Kier alpha value is -2.04. The molecule has 0 fully saturated rings. The van der Waals surface area contributed by atoms with Crippen molar-refractivity contribution in [1.29, 1.82) is 0 Å². The fraction of sp³-hybridized carbons (Fsp3) is 0.429. The monoisotopic (exact) mass is 263 g/mol. The Kier molecular flexibility index (Phi) is 5.85. The molecule has 0 bridgehead atoms. The lowest BCUT2D eigenvalue weighted by atomic mass is 10.2. The third-order valence-electron chi connectivity index (χ3n) is 2.71. The van der Waals surface area contributed by atoms with Gasteiger partial charge in [0.25, 0.3) is 5.91 Å². The summed E-state index contributed by atoms with van der Waals surface area (Å²) < 4.78 is 0. The first-order valence-corrected chi connectivity index (χ1v) is 6.46. The number of urea groups is 1. The van der Waals surface area contributed by atoms with Gasteiger partial charge in [0, 0.05) is 24.3 Å². The van der Waals surface area contributed by atoms with Crippen molar-refractivity contribution in [2.75, 3.05) is 12.4 Å². The molecule has 0 radical (unpaired) electrons. The highest BCUT2D eigenvalue weighted by Gasteiger charge is 2.08.